The number of anilines is 1. The Morgan fingerprint density at radius 2 is 2.18 bits per heavy atom. The summed E-state index contributed by atoms with van der Waals surface area (Å²) in [6, 6.07) is 13.0. The monoisotopic (exact) mass is 314 g/mol. The van der Waals surface area contributed by atoms with Crippen LogP contribution in [0.2, 0.25) is 0 Å². The molecule has 4 heteroatoms. The van der Waals surface area contributed by atoms with E-state index in [1.54, 1.807) is 11.3 Å². The third-order valence-electron chi connectivity index (χ3n) is 4.25. The number of thiophene rings is 1. The summed E-state index contributed by atoms with van der Waals surface area (Å²) in [6.45, 7) is 3.36. The van der Waals surface area contributed by atoms with Gasteiger partial charge in [-0.2, -0.15) is 0 Å². The second kappa shape index (κ2) is 6.97. The smallest absolute Gasteiger partial charge is 0.239 e. The summed E-state index contributed by atoms with van der Waals surface area (Å²) < 4.78 is 0. The fourth-order valence-corrected chi connectivity index (χ4v) is 3.70. The van der Waals surface area contributed by atoms with E-state index in [2.05, 4.69) is 52.9 Å². The number of hydrogen-bond acceptors (Lipinski definition) is 3. The van der Waals surface area contributed by atoms with Gasteiger partial charge in [-0.15, -0.1) is 11.3 Å². The highest BCUT2D eigenvalue weighted by Crippen LogP contribution is 2.29. The Balaban J connectivity index is 1.56. The fraction of sp³-hybridized carbons (Fsp3) is 0.389. The van der Waals surface area contributed by atoms with Gasteiger partial charge < -0.3 is 10.2 Å². The summed E-state index contributed by atoms with van der Waals surface area (Å²) in [4.78, 5) is 15.8. The molecule has 22 heavy (non-hydrogen) atoms. The lowest BCUT2D eigenvalue weighted by atomic mass is 9.96. The van der Waals surface area contributed by atoms with E-state index < -0.39 is 0 Å². The van der Waals surface area contributed by atoms with Gasteiger partial charge in [0, 0.05) is 23.2 Å². The van der Waals surface area contributed by atoms with Crippen molar-refractivity contribution in [2.24, 2.45) is 0 Å². The highest BCUT2D eigenvalue weighted by molar-refractivity contribution is 7.09. The summed E-state index contributed by atoms with van der Waals surface area (Å²) in [5.41, 5.74) is 2.57. The minimum atomic E-state index is 0.111. The predicted octanol–water partition coefficient (Wildman–Crippen LogP) is 3.25. The van der Waals surface area contributed by atoms with Crippen molar-refractivity contribution in [3.05, 3.63) is 52.2 Å². The Hall–Kier alpha value is -1.81. The van der Waals surface area contributed by atoms with Crippen molar-refractivity contribution >= 4 is 22.9 Å². The molecule has 2 heterocycles. The zero-order chi connectivity index (χ0) is 15.4. The molecule has 0 saturated carbocycles. The number of para-hydroxylation sites is 1. The summed E-state index contributed by atoms with van der Waals surface area (Å²) in [5.74, 6) is 0.111. The van der Waals surface area contributed by atoms with E-state index in [0.29, 0.717) is 19.1 Å². The standard InChI is InChI=1S/C18H22N2OS/c1-14-8-9-15-5-2-3-7-17(15)20(14)13-18(21)19-11-10-16-6-4-12-22-16/h2-7,12,14H,8-11,13H2,1H3,(H,19,21)/t14-/m1/s1. The molecule has 0 spiro atoms. The molecule has 1 N–H and O–H groups in total. The Labute approximate surface area is 136 Å². The zero-order valence-corrected chi connectivity index (χ0v) is 13.7. The van der Waals surface area contributed by atoms with Crippen LogP contribution in [0.15, 0.2) is 41.8 Å². The van der Waals surface area contributed by atoms with Crippen LogP contribution >= 0.6 is 11.3 Å². The quantitative estimate of drug-likeness (QED) is 0.919. The molecule has 0 saturated heterocycles. The molecule has 3 nitrogen and oxygen atoms in total. The first-order chi connectivity index (χ1) is 10.7. The first-order valence-electron chi connectivity index (χ1n) is 7.87. The van der Waals surface area contributed by atoms with Crippen molar-refractivity contribution in [1.29, 1.82) is 0 Å². The summed E-state index contributed by atoms with van der Waals surface area (Å²) in [5, 5.41) is 5.12. The molecule has 0 aliphatic carbocycles. The van der Waals surface area contributed by atoms with Gasteiger partial charge in [0.25, 0.3) is 0 Å². The molecule has 0 bridgehead atoms. The molecule has 3 rings (SSSR count). The molecule has 1 aromatic carbocycles. The molecular formula is C18H22N2OS. The molecule has 1 aromatic heterocycles. The van der Waals surface area contributed by atoms with Gasteiger partial charge in [-0.1, -0.05) is 24.3 Å². The first kappa shape index (κ1) is 15.1. The fourth-order valence-electron chi connectivity index (χ4n) is 2.99. The van der Waals surface area contributed by atoms with Gasteiger partial charge in [-0.25, -0.2) is 0 Å². The number of fused-ring (bicyclic) bond motifs is 1. The molecule has 0 radical (unpaired) electrons. The van der Waals surface area contributed by atoms with E-state index >= 15 is 0 Å². The van der Waals surface area contributed by atoms with E-state index in [1.807, 2.05) is 6.07 Å². The summed E-state index contributed by atoms with van der Waals surface area (Å²) >= 11 is 1.74. The highest BCUT2D eigenvalue weighted by Gasteiger charge is 2.24. The van der Waals surface area contributed by atoms with Gasteiger partial charge in [0.15, 0.2) is 0 Å². The van der Waals surface area contributed by atoms with E-state index in [4.69, 9.17) is 0 Å². The van der Waals surface area contributed by atoms with Crippen molar-refractivity contribution in [1.82, 2.24) is 5.32 Å². The average Bonchev–Trinajstić information content (AvgIpc) is 3.03. The maximum absolute atomic E-state index is 12.2. The van der Waals surface area contributed by atoms with Crippen molar-refractivity contribution in [2.75, 3.05) is 18.0 Å². The second-order valence-electron chi connectivity index (χ2n) is 5.82. The van der Waals surface area contributed by atoms with Crippen LogP contribution < -0.4 is 10.2 Å². The average molecular weight is 314 g/mol. The summed E-state index contributed by atoms with van der Waals surface area (Å²) in [7, 11) is 0. The zero-order valence-electron chi connectivity index (χ0n) is 12.9. The van der Waals surface area contributed by atoms with Gasteiger partial charge in [-0.3, -0.25) is 4.79 Å². The topological polar surface area (TPSA) is 32.3 Å². The number of carbonyl (C=O) groups is 1. The lowest BCUT2D eigenvalue weighted by molar-refractivity contribution is -0.119. The third-order valence-corrected chi connectivity index (χ3v) is 5.19. The molecule has 1 atom stereocenters. The van der Waals surface area contributed by atoms with Crippen LogP contribution in [-0.4, -0.2) is 25.0 Å². The number of aryl methyl sites for hydroxylation is 1. The molecule has 2 aromatic rings. The number of rotatable bonds is 5. The Kier molecular flexibility index (Phi) is 4.78. The Bertz CT molecular complexity index is 624. The number of hydrogen-bond donors (Lipinski definition) is 1. The van der Waals surface area contributed by atoms with Crippen molar-refractivity contribution < 1.29 is 4.79 Å². The first-order valence-corrected chi connectivity index (χ1v) is 8.75. The van der Waals surface area contributed by atoms with Gasteiger partial charge in [0.1, 0.15) is 0 Å². The molecule has 0 fully saturated rings. The van der Waals surface area contributed by atoms with E-state index in [9.17, 15) is 4.79 Å². The third kappa shape index (κ3) is 3.50. The number of carbonyl (C=O) groups excluding carboxylic acids is 1. The predicted molar refractivity (Wildman–Crippen MR) is 92.6 cm³/mol. The van der Waals surface area contributed by atoms with Crippen LogP contribution in [0.5, 0.6) is 0 Å². The molecule has 0 unspecified atom stereocenters. The Morgan fingerprint density at radius 1 is 1.32 bits per heavy atom. The number of amides is 1. The number of nitrogens with one attached hydrogen (secondary N) is 1. The lowest BCUT2D eigenvalue weighted by Gasteiger charge is -2.36. The molecule has 1 amide bonds. The van der Waals surface area contributed by atoms with Gasteiger partial charge in [0.2, 0.25) is 5.91 Å². The number of benzene rings is 1. The van der Waals surface area contributed by atoms with Crippen LogP contribution in [0.1, 0.15) is 23.8 Å². The maximum Gasteiger partial charge on any atom is 0.239 e. The van der Waals surface area contributed by atoms with Crippen LogP contribution in [0.25, 0.3) is 0 Å². The minimum absolute atomic E-state index is 0.111. The SMILES string of the molecule is C[C@@H]1CCc2ccccc2N1CC(=O)NCCc1cccs1. The van der Waals surface area contributed by atoms with Crippen LogP contribution in [0.4, 0.5) is 5.69 Å². The normalized spacial score (nSPS) is 17.1. The van der Waals surface area contributed by atoms with Crippen molar-refractivity contribution in [3.8, 4) is 0 Å². The van der Waals surface area contributed by atoms with Crippen LogP contribution in [0, 0.1) is 0 Å². The molecule has 116 valence electrons. The van der Waals surface area contributed by atoms with Crippen LogP contribution in [-0.2, 0) is 17.6 Å². The molecule has 1 aliphatic heterocycles. The van der Waals surface area contributed by atoms with Crippen LogP contribution in [0.3, 0.4) is 0 Å². The lowest BCUT2D eigenvalue weighted by Crippen LogP contribution is -2.44. The van der Waals surface area contributed by atoms with Gasteiger partial charge >= 0.3 is 0 Å². The van der Waals surface area contributed by atoms with E-state index in [1.165, 1.54) is 16.1 Å². The second-order valence-corrected chi connectivity index (χ2v) is 6.86. The van der Waals surface area contributed by atoms with Gasteiger partial charge in [0.05, 0.1) is 6.54 Å². The molecular weight excluding hydrogens is 292 g/mol. The highest BCUT2D eigenvalue weighted by atomic mass is 32.1. The maximum atomic E-state index is 12.2. The van der Waals surface area contributed by atoms with E-state index in [-0.39, 0.29) is 5.91 Å². The van der Waals surface area contributed by atoms with Crippen molar-refractivity contribution in [3.63, 3.8) is 0 Å². The molecule has 1 aliphatic rings. The van der Waals surface area contributed by atoms with Gasteiger partial charge in [-0.05, 0) is 49.3 Å². The largest absolute Gasteiger partial charge is 0.359 e. The summed E-state index contributed by atoms with van der Waals surface area (Å²) in [6.07, 6.45) is 3.13. The van der Waals surface area contributed by atoms with E-state index in [0.717, 1.165) is 19.3 Å². The Morgan fingerprint density at radius 3 is 3.00 bits per heavy atom. The number of nitrogens with zero attached hydrogens (tertiary/aromatic N) is 1. The minimum Gasteiger partial charge on any atom is -0.359 e. The van der Waals surface area contributed by atoms with Crippen molar-refractivity contribution in [2.45, 2.75) is 32.2 Å².